The molecule has 6 heteroatoms. The van der Waals surface area contributed by atoms with Crippen LogP contribution >= 0.6 is 0 Å². The van der Waals surface area contributed by atoms with Crippen LogP contribution in [-0.2, 0) is 16.4 Å². The van der Waals surface area contributed by atoms with Gasteiger partial charge in [-0.25, -0.2) is 8.42 Å². The molecule has 0 aliphatic carbocycles. The molecule has 0 saturated heterocycles. The quantitative estimate of drug-likeness (QED) is 0.779. The lowest BCUT2D eigenvalue weighted by atomic mass is 10.1. The Morgan fingerprint density at radius 1 is 1.42 bits per heavy atom. The Bertz CT molecular complexity index is 576. The first-order valence-electron chi connectivity index (χ1n) is 5.79. The van der Waals surface area contributed by atoms with Crippen molar-refractivity contribution in [2.24, 2.45) is 0 Å². The van der Waals surface area contributed by atoms with Gasteiger partial charge in [0.25, 0.3) is 0 Å². The van der Waals surface area contributed by atoms with Crippen molar-refractivity contribution < 1.29 is 13.2 Å². The van der Waals surface area contributed by atoms with Gasteiger partial charge in [-0.2, -0.15) is 5.26 Å². The van der Waals surface area contributed by atoms with Crippen LogP contribution in [0.15, 0.2) is 18.2 Å². The minimum absolute atomic E-state index is 0.115. The van der Waals surface area contributed by atoms with Gasteiger partial charge in [-0.3, -0.25) is 0 Å². The molecule has 0 amide bonds. The molecule has 0 bridgehead atoms. The number of hydrogen-bond acceptors (Lipinski definition) is 5. The molecule has 0 aliphatic heterocycles. The van der Waals surface area contributed by atoms with Gasteiger partial charge in [0.05, 0.1) is 24.5 Å². The lowest BCUT2D eigenvalue weighted by Gasteiger charge is -2.18. The molecule has 0 spiro atoms. The van der Waals surface area contributed by atoms with E-state index in [-0.39, 0.29) is 5.75 Å². The second-order valence-electron chi connectivity index (χ2n) is 4.51. The van der Waals surface area contributed by atoms with E-state index in [0.717, 1.165) is 5.56 Å². The van der Waals surface area contributed by atoms with Crippen molar-refractivity contribution in [3.8, 4) is 11.8 Å². The van der Waals surface area contributed by atoms with Crippen LogP contribution < -0.4 is 4.74 Å². The topological polar surface area (TPSA) is 70.4 Å². The van der Waals surface area contributed by atoms with Gasteiger partial charge in [-0.1, -0.05) is 0 Å². The molecule has 0 radical (unpaired) electrons. The van der Waals surface area contributed by atoms with Crippen LogP contribution in [0.5, 0.6) is 5.75 Å². The van der Waals surface area contributed by atoms with Crippen molar-refractivity contribution in [3.05, 3.63) is 29.3 Å². The zero-order chi connectivity index (χ0) is 14.5. The number of ether oxygens (including phenoxy) is 1. The van der Waals surface area contributed by atoms with E-state index >= 15 is 0 Å². The summed E-state index contributed by atoms with van der Waals surface area (Å²) in [6, 6.07) is 7.28. The van der Waals surface area contributed by atoms with E-state index in [1.807, 2.05) is 11.9 Å². The van der Waals surface area contributed by atoms with Crippen LogP contribution in [0.25, 0.3) is 0 Å². The molecule has 0 atom stereocenters. The maximum Gasteiger partial charge on any atom is 0.148 e. The number of nitriles is 1. The predicted molar refractivity (Wildman–Crippen MR) is 73.8 cm³/mol. The first kappa shape index (κ1) is 15.5. The average Bonchev–Trinajstić information content (AvgIpc) is 2.35. The Hall–Kier alpha value is -1.58. The van der Waals surface area contributed by atoms with E-state index in [1.54, 1.807) is 25.3 Å². The maximum atomic E-state index is 11.1. The third kappa shape index (κ3) is 5.28. The van der Waals surface area contributed by atoms with Gasteiger partial charge >= 0.3 is 0 Å². The summed E-state index contributed by atoms with van der Waals surface area (Å²) >= 11 is 0. The summed E-state index contributed by atoms with van der Waals surface area (Å²) < 4.78 is 27.5. The molecule has 1 rings (SSSR count). The van der Waals surface area contributed by atoms with Gasteiger partial charge in [0.1, 0.15) is 15.6 Å². The molecule has 19 heavy (non-hydrogen) atoms. The highest BCUT2D eigenvalue weighted by Crippen LogP contribution is 2.20. The number of benzene rings is 1. The van der Waals surface area contributed by atoms with Crippen molar-refractivity contribution in [2.75, 3.05) is 32.7 Å². The summed E-state index contributed by atoms with van der Waals surface area (Å²) in [6.07, 6.45) is 1.22. The van der Waals surface area contributed by atoms with Gasteiger partial charge in [-0.05, 0) is 25.2 Å². The number of hydrogen-bond donors (Lipinski definition) is 0. The highest BCUT2D eigenvalue weighted by atomic mass is 32.2. The minimum Gasteiger partial charge on any atom is -0.496 e. The Labute approximate surface area is 114 Å². The molecular weight excluding hydrogens is 264 g/mol. The largest absolute Gasteiger partial charge is 0.496 e. The maximum absolute atomic E-state index is 11.1. The van der Waals surface area contributed by atoms with Crippen LogP contribution in [0.4, 0.5) is 0 Å². The zero-order valence-electron chi connectivity index (χ0n) is 11.4. The van der Waals surface area contributed by atoms with Crippen molar-refractivity contribution >= 4 is 9.84 Å². The van der Waals surface area contributed by atoms with Gasteiger partial charge < -0.3 is 9.64 Å². The normalized spacial score (nSPS) is 11.3. The van der Waals surface area contributed by atoms with E-state index < -0.39 is 9.84 Å². The summed E-state index contributed by atoms with van der Waals surface area (Å²) in [5.74, 6) is 0.814. The molecule has 0 fully saturated rings. The van der Waals surface area contributed by atoms with Gasteiger partial charge in [0.15, 0.2) is 0 Å². The highest BCUT2D eigenvalue weighted by molar-refractivity contribution is 7.90. The third-order valence-corrected chi connectivity index (χ3v) is 3.62. The summed E-state index contributed by atoms with van der Waals surface area (Å²) in [4.78, 5) is 1.89. The molecule has 0 N–H and O–H groups in total. The zero-order valence-corrected chi connectivity index (χ0v) is 12.2. The van der Waals surface area contributed by atoms with Crippen molar-refractivity contribution in [3.63, 3.8) is 0 Å². The number of methoxy groups -OCH3 is 1. The van der Waals surface area contributed by atoms with Crippen LogP contribution in [0.1, 0.15) is 11.1 Å². The number of sulfone groups is 1. The summed E-state index contributed by atoms with van der Waals surface area (Å²) in [6.45, 7) is 0.979. The molecule has 5 nitrogen and oxygen atoms in total. The Morgan fingerprint density at radius 3 is 2.63 bits per heavy atom. The molecule has 0 saturated carbocycles. The first-order valence-corrected chi connectivity index (χ1v) is 7.85. The Balaban J connectivity index is 2.78. The Morgan fingerprint density at radius 2 is 2.11 bits per heavy atom. The predicted octanol–water partition coefficient (Wildman–Crippen LogP) is 1.04. The lowest BCUT2D eigenvalue weighted by Crippen LogP contribution is -2.25. The van der Waals surface area contributed by atoms with Crippen LogP contribution in [0.3, 0.4) is 0 Å². The van der Waals surface area contributed by atoms with Gasteiger partial charge in [0, 0.05) is 24.9 Å². The molecule has 0 unspecified atom stereocenters. The van der Waals surface area contributed by atoms with Crippen LogP contribution in [0.2, 0.25) is 0 Å². The fourth-order valence-corrected chi connectivity index (χ4v) is 2.31. The van der Waals surface area contributed by atoms with Gasteiger partial charge in [0.2, 0.25) is 0 Å². The first-order chi connectivity index (χ1) is 8.85. The molecule has 0 aliphatic rings. The van der Waals surface area contributed by atoms with E-state index in [2.05, 4.69) is 6.07 Å². The smallest absolute Gasteiger partial charge is 0.148 e. The Kier molecular flexibility index (Phi) is 5.33. The van der Waals surface area contributed by atoms with E-state index in [9.17, 15) is 8.42 Å². The van der Waals surface area contributed by atoms with E-state index in [0.29, 0.717) is 24.4 Å². The second kappa shape index (κ2) is 6.55. The highest BCUT2D eigenvalue weighted by Gasteiger charge is 2.10. The van der Waals surface area contributed by atoms with Crippen molar-refractivity contribution in [2.45, 2.75) is 6.54 Å². The second-order valence-corrected chi connectivity index (χ2v) is 6.77. The SMILES string of the molecule is COc1ccc(C#N)cc1CN(C)CCS(C)(=O)=O. The number of rotatable bonds is 6. The lowest BCUT2D eigenvalue weighted by molar-refractivity contribution is 0.333. The third-order valence-electron chi connectivity index (χ3n) is 2.69. The molecule has 0 heterocycles. The fourth-order valence-electron chi connectivity index (χ4n) is 1.66. The van der Waals surface area contributed by atoms with Crippen LogP contribution in [-0.4, -0.2) is 46.0 Å². The molecule has 104 valence electrons. The average molecular weight is 282 g/mol. The van der Waals surface area contributed by atoms with Crippen molar-refractivity contribution in [1.82, 2.24) is 4.90 Å². The number of nitrogens with zero attached hydrogens (tertiary/aromatic N) is 2. The summed E-state index contributed by atoms with van der Waals surface area (Å²) in [5, 5.41) is 8.89. The summed E-state index contributed by atoms with van der Waals surface area (Å²) in [5.41, 5.74) is 1.44. The standard InChI is InChI=1S/C13H18N2O3S/c1-15(6-7-19(3,16)17)10-12-8-11(9-14)4-5-13(12)18-2/h4-5,8H,6-7,10H2,1-3H3. The fraction of sp³-hybridized carbons (Fsp3) is 0.462. The summed E-state index contributed by atoms with van der Waals surface area (Å²) in [7, 11) is 0.443. The molecule has 0 aromatic heterocycles. The van der Waals surface area contributed by atoms with E-state index in [1.165, 1.54) is 6.26 Å². The molecular formula is C13H18N2O3S. The molecule has 1 aromatic carbocycles. The van der Waals surface area contributed by atoms with E-state index in [4.69, 9.17) is 10.00 Å². The van der Waals surface area contributed by atoms with Crippen molar-refractivity contribution in [1.29, 1.82) is 5.26 Å². The minimum atomic E-state index is -2.97. The molecule has 1 aromatic rings. The van der Waals surface area contributed by atoms with Gasteiger partial charge in [-0.15, -0.1) is 0 Å². The monoisotopic (exact) mass is 282 g/mol. The van der Waals surface area contributed by atoms with Crippen LogP contribution in [0, 0.1) is 11.3 Å².